The molecular weight excluding hydrogens is 494 g/mol. The number of primary amides is 1. The molecule has 4 unspecified atom stereocenters. The molecule has 0 saturated heterocycles. The van der Waals surface area contributed by atoms with Gasteiger partial charge in [0.1, 0.15) is 18.1 Å². The second-order valence-corrected chi connectivity index (χ2v) is 8.30. The number of aliphatic carboxylic acids is 2. The second kappa shape index (κ2) is 15.4. The summed E-state index contributed by atoms with van der Waals surface area (Å²) in [6.45, 7) is 0. The maximum atomic E-state index is 12.9. The first-order valence-electron chi connectivity index (χ1n) is 11.0. The van der Waals surface area contributed by atoms with Gasteiger partial charge in [0, 0.05) is 25.0 Å². The molecule has 13 nitrogen and oxygen atoms in total. The summed E-state index contributed by atoms with van der Waals surface area (Å²) in [6, 6.07) is 3.45. The molecule has 0 heterocycles. The van der Waals surface area contributed by atoms with Gasteiger partial charge in [-0.05, 0) is 18.4 Å². The summed E-state index contributed by atoms with van der Waals surface area (Å²) in [5.74, 6) is -5.89. The molecule has 0 bridgehead atoms. The third-order valence-corrected chi connectivity index (χ3v) is 5.40. The first kappa shape index (κ1) is 30.4. The third-order valence-electron chi connectivity index (χ3n) is 5.03. The van der Waals surface area contributed by atoms with E-state index in [-0.39, 0.29) is 37.9 Å². The zero-order valence-corrected chi connectivity index (χ0v) is 20.3. The molecule has 14 heteroatoms. The fraction of sp³-hybridized carbons (Fsp3) is 0.455. The Balaban J connectivity index is 2.91. The highest BCUT2D eigenvalue weighted by molar-refractivity contribution is 7.80. The number of carboxylic acid groups (broad SMARTS) is 2. The highest BCUT2D eigenvalue weighted by Gasteiger charge is 2.30. The van der Waals surface area contributed by atoms with Gasteiger partial charge in [-0.1, -0.05) is 30.3 Å². The summed E-state index contributed by atoms with van der Waals surface area (Å²) >= 11 is 4.02. The maximum Gasteiger partial charge on any atom is 0.326 e. The van der Waals surface area contributed by atoms with E-state index in [0.717, 1.165) is 0 Å². The monoisotopic (exact) mass is 525 g/mol. The van der Waals surface area contributed by atoms with Crippen molar-refractivity contribution in [3.05, 3.63) is 35.9 Å². The van der Waals surface area contributed by atoms with Crippen molar-refractivity contribution in [2.75, 3.05) is 5.75 Å². The minimum atomic E-state index is -1.34. The molecule has 0 spiro atoms. The quantitative estimate of drug-likeness (QED) is 0.113. The van der Waals surface area contributed by atoms with E-state index >= 15 is 0 Å². The lowest BCUT2D eigenvalue weighted by molar-refractivity contribution is -0.142. The van der Waals surface area contributed by atoms with Crippen molar-refractivity contribution in [1.82, 2.24) is 16.0 Å². The number of hydrogen-bond acceptors (Lipinski definition) is 8. The number of benzene rings is 1. The van der Waals surface area contributed by atoms with Crippen molar-refractivity contribution >= 4 is 48.2 Å². The van der Waals surface area contributed by atoms with Crippen LogP contribution in [0.1, 0.15) is 31.2 Å². The van der Waals surface area contributed by atoms with E-state index < -0.39 is 59.7 Å². The van der Waals surface area contributed by atoms with Gasteiger partial charge in [0.25, 0.3) is 0 Å². The molecule has 1 rings (SSSR count). The third kappa shape index (κ3) is 11.2. The summed E-state index contributed by atoms with van der Waals surface area (Å²) in [6.07, 6.45) is -1.05. The number of rotatable bonds is 16. The zero-order valence-electron chi connectivity index (χ0n) is 19.4. The molecule has 0 aliphatic heterocycles. The van der Waals surface area contributed by atoms with E-state index in [1.165, 1.54) is 0 Å². The van der Waals surface area contributed by atoms with E-state index in [1.807, 2.05) is 0 Å². The van der Waals surface area contributed by atoms with Gasteiger partial charge in [-0.3, -0.25) is 24.0 Å². The van der Waals surface area contributed by atoms with Crippen LogP contribution in [0, 0.1) is 0 Å². The van der Waals surface area contributed by atoms with Crippen LogP contribution in [0.3, 0.4) is 0 Å². The Morgan fingerprint density at radius 2 is 1.36 bits per heavy atom. The number of hydrogen-bond donors (Lipinski definition) is 8. The summed E-state index contributed by atoms with van der Waals surface area (Å²) in [7, 11) is 0. The first-order valence-corrected chi connectivity index (χ1v) is 11.6. The Morgan fingerprint density at radius 1 is 0.806 bits per heavy atom. The molecule has 0 aliphatic carbocycles. The van der Waals surface area contributed by atoms with Gasteiger partial charge in [-0.2, -0.15) is 12.6 Å². The molecule has 36 heavy (non-hydrogen) atoms. The molecular formula is C22H31N5O8S. The van der Waals surface area contributed by atoms with E-state index in [0.29, 0.717) is 5.56 Å². The number of nitrogens with two attached hydrogens (primary N) is 2. The van der Waals surface area contributed by atoms with Gasteiger partial charge in [0.15, 0.2) is 0 Å². The Hall–Kier alpha value is -3.65. The number of carbonyl (C=O) groups is 6. The molecule has 0 saturated carbocycles. The van der Waals surface area contributed by atoms with Crippen molar-refractivity contribution in [1.29, 1.82) is 0 Å². The second-order valence-electron chi connectivity index (χ2n) is 7.94. The van der Waals surface area contributed by atoms with Crippen LogP contribution in [-0.2, 0) is 35.2 Å². The molecule has 1 aromatic carbocycles. The molecule has 198 valence electrons. The molecule has 4 amide bonds. The van der Waals surface area contributed by atoms with Crippen LogP contribution in [0.25, 0.3) is 0 Å². The lowest BCUT2D eigenvalue weighted by Crippen LogP contribution is -2.58. The lowest BCUT2D eigenvalue weighted by atomic mass is 10.0. The topological polar surface area (TPSA) is 231 Å². The van der Waals surface area contributed by atoms with Crippen molar-refractivity contribution in [3.8, 4) is 0 Å². The number of carbonyl (C=O) groups excluding carboxylic acids is 4. The van der Waals surface area contributed by atoms with Crippen LogP contribution in [0.2, 0.25) is 0 Å². The summed E-state index contributed by atoms with van der Waals surface area (Å²) < 4.78 is 0. The average molecular weight is 526 g/mol. The van der Waals surface area contributed by atoms with Crippen LogP contribution in [0.15, 0.2) is 30.3 Å². The van der Waals surface area contributed by atoms with Crippen LogP contribution < -0.4 is 27.4 Å². The Morgan fingerprint density at radius 3 is 1.89 bits per heavy atom. The minimum Gasteiger partial charge on any atom is -0.481 e. The van der Waals surface area contributed by atoms with E-state index in [4.69, 9.17) is 16.6 Å². The Kier molecular flexibility index (Phi) is 13.0. The highest BCUT2D eigenvalue weighted by Crippen LogP contribution is 2.06. The molecule has 0 aliphatic rings. The number of thiol groups is 1. The standard InChI is InChI=1S/C22H31N5O8S/c23-13(6-9-18(29)30)19(31)27-16(11-36)21(33)25-14(7-8-17(24)28)20(32)26-15(22(34)35)10-12-4-2-1-3-5-12/h1-5,13-16,36H,6-11,23H2,(H2,24,28)(H,25,33)(H,26,32)(H,27,31)(H,29,30)(H,34,35). The van der Waals surface area contributed by atoms with Gasteiger partial charge in [0.05, 0.1) is 6.04 Å². The van der Waals surface area contributed by atoms with Gasteiger partial charge < -0.3 is 37.6 Å². The summed E-state index contributed by atoms with van der Waals surface area (Å²) in [5, 5.41) is 25.3. The van der Waals surface area contributed by atoms with Gasteiger partial charge in [-0.15, -0.1) is 0 Å². The molecule has 9 N–H and O–H groups in total. The fourth-order valence-corrected chi connectivity index (χ4v) is 3.29. The van der Waals surface area contributed by atoms with Crippen LogP contribution in [0.5, 0.6) is 0 Å². The lowest BCUT2D eigenvalue weighted by Gasteiger charge is -2.24. The normalized spacial score (nSPS) is 13.9. The van der Waals surface area contributed by atoms with Crippen LogP contribution in [0.4, 0.5) is 0 Å². The van der Waals surface area contributed by atoms with Crippen molar-refractivity contribution in [3.63, 3.8) is 0 Å². The zero-order chi connectivity index (χ0) is 27.3. The molecule has 4 atom stereocenters. The predicted molar refractivity (Wildman–Crippen MR) is 131 cm³/mol. The van der Waals surface area contributed by atoms with Crippen molar-refractivity contribution in [2.24, 2.45) is 11.5 Å². The number of amides is 4. The van der Waals surface area contributed by atoms with E-state index in [1.54, 1.807) is 30.3 Å². The molecule has 0 radical (unpaired) electrons. The first-order chi connectivity index (χ1) is 16.9. The predicted octanol–water partition coefficient (Wildman–Crippen LogP) is -1.84. The fourth-order valence-electron chi connectivity index (χ4n) is 3.03. The van der Waals surface area contributed by atoms with Crippen LogP contribution >= 0.6 is 12.6 Å². The van der Waals surface area contributed by atoms with Crippen molar-refractivity contribution < 1.29 is 39.0 Å². The minimum absolute atomic E-state index is 0.0258. The van der Waals surface area contributed by atoms with Crippen molar-refractivity contribution in [2.45, 2.75) is 56.3 Å². The van der Waals surface area contributed by atoms with Gasteiger partial charge in [0.2, 0.25) is 23.6 Å². The molecule has 0 aromatic heterocycles. The maximum absolute atomic E-state index is 12.9. The molecule has 1 aromatic rings. The Labute approximate surface area is 212 Å². The van der Waals surface area contributed by atoms with Gasteiger partial charge >= 0.3 is 11.9 Å². The molecule has 0 fully saturated rings. The SMILES string of the molecule is NC(=O)CCC(NC(=O)C(CS)NC(=O)C(N)CCC(=O)O)C(=O)NC(Cc1ccccc1)C(=O)O. The number of nitrogens with one attached hydrogen (secondary N) is 3. The summed E-state index contributed by atoms with van der Waals surface area (Å²) in [5.41, 5.74) is 11.5. The van der Waals surface area contributed by atoms with E-state index in [2.05, 4.69) is 28.6 Å². The summed E-state index contributed by atoms with van der Waals surface area (Å²) in [4.78, 5) is 71.4. The number of carboxylic acids is 2. The van der Waals surface area contributed by atoms with Gasteiger partial charge in [-0.25, -0.2) is 4.79 Å². The largest absolute Gasteiger partial charge is 0.481 e. The Bertz CT molecular complexity index is 946. The van der Waals surface area contributed by atoms with E-state index in [9.17, 15) is 33.9 Å². The average Bonchev–Trinajstić information content (AvgIpc) is 2.82. The van der Waals surface area contributed by atoms with Crippen LogP contribution in [-0.4, -0.2) is 75.7 Å². The highest BCUT2D eigenvalue weighted by atomic mass is 32.1. The smallest absolute Gasteiger partial charge is 0.326 e.